The zero-order valence-electron chi connectivity index (χ0n) is 13.9. The molecule has 4 rings (SSSR count). The average Bonchev–Trinajstić information content (AvgIpc) is 2.65. The second kappa shape index (κ2) is 6.31. The minimum Gasteiger partial charge on any atom is -0.496 e. The van der Waals surface area contributed by atoms with E-state index in [9.17, 15) is 8.42 Å². The van der Waals surface area contributed by atoms with Crippen LogP contribution < -0.4 is 4.74 Å². The zero-order chi connectivity index (χ0) is 18.3. The second-order valence-electron chi connectivity index (χ2n) is 5.96. The average molecular weight is 383 g/mol. The number of fused-ring (bicyclic) bond motifs is 2. The Hall–Kier alpha value is -2.56. The first-order valence-electron chi connectivity index (χ1n) is 8.03. The van der Waals surface area contributed by atoms with Crippen LogP contribution in [0.15, 0.2) is 77.7 Å². The Labute approximate surface area is 156 Å². The third-order valence-electron chi connectivity index (χ3n) is 4.51. The number of halogens is 1. The molecule has 0 N–H and O–H groups in total. The van der Waals surface area contributed by atoms with Crippen molar-refractivity contribution in [2.24, 2.45) is 0 Å². The Morgan fingerprint density at radius 2 is 1.27 bits per heavy atom. The third kappa shape index (κ3) is 2.71. The summed E-state index contributed by atoms with van der Waals surface area (Å²) in [7, 11) is 3.42. The summed E-state index contributed by atoms with van der Waals surface area (Å²) in [5.74, 6) is 0.599. The van der Waals surface area contributed by atoms with Crippen molar-refractivity contribution in [3.63, 3.8) is 0 Å². The SMILES string of the molecule is COc1ccc2ccccc2c1-c1c(S(=O)(=O)Cl)ccc2ccccc12. The van der Waals surface area contributed by atoms with Crippen molar-refractivity contribution in [2.45, 2.75) is 4.90 Å². The third-order valence-corrected chi connectivity index (χ3v) is 5.88. The monoisotopic (exact) mass is 382 g/mol. The predicted molar refractivity (Wildman–Crippen MR) is 106 cm³/mol. The van der Waals surface area contributed by atoms with Crippen LogP contribution in [0.3, 0.4) is 0 Å². The van der Waals surface area contributed by atoms with Gasteiger partial charge in [0.25, 0.3) is 9.05 Å². The highest BCUT2D eigenvalue weighted by Crippen LogP contribution is 2.44. The number of hydrogen-bond acceptors (Lipinski definition) is 3. The van der Waals surface area contributed by atoms with Gasteiger partial charge in [-0.25, -0.2) is 8.42 Å². The van der Waals surface area contributed by atoms with Crippen LogP contribution in [0, 0.1) is 0 Å². The van der Waals surface area contributed by atoms with E-state index in [4.69, 9.17) is 15.4 Å². The first-order chi connectivity index (χ1) is 12.5. The van der Waals surface area contributed by atoms with Crippen LogP contribution in [-0.2, 0) is 9.05 Å². The molecule has 130 valence electrons. The van der Waals surface area contributed by atoms with Crippen molar-refractivity contribution in [1.82, 2.24) is 0 Å². The first-order valence-corrected chi connectivity index (χ1v) is 10.3. The van der Waals surface area contributed by atoms with Crippen molar-refractivity contribution < 1.29 is 13.2 Å². The molecule has 0 bridgehead atoms. The van der Waals surface area contributed by atoms with Crippen molar-refractivity contribution in [3.05, 3.63) is 72.8 Å². The molecule has 3 nitrogen and oxygen atoms in total. The maximum atomic E-state index is 12.3. The van der Waals surface area contributed by atoms with E-state index < -0.39 is 9.05 Å². The predicted octanol–water partition coefficient (Wildman–Crippen LogP) is 5.60. The molecule has 0 atom stereocenters. The van der Waals surface area contributed by atoms with Gasteiger partial charge >= 0.3 is 0 Å². The van der Waals surface area contributed by atoms with Crippen LogP contribution in [0.4, 0.5) is 0 Å². The van der Waals surface area contributed by atoms with Crippen LogP contribution in [-0.4, -0.2) is 15.5 Å². The minimum absolute atomic E-state index is 0.0764. The van der Waals surface area contributed by atoms with E-state index in [2.05, 4.69) is 0 Å². The molecule has 0 aliphatic rings. The Balaban J connectivity index is 2.28. The second-order valence-corrected chi connectivity index (χ2v) is 8.50. The van der Waals surface area contributed by atoms with Gasteiger partial charge in [-0.1, -0.05) is 60.7 Å². The van der Waals surface area contributed by atoms with E-state index in [1.54, 1.807) is 19.2 Å². The Kier molecular flexibility index (Phi) is 4.10. The summed E-state index contributed by atoms with van der Waals surface area (Å²) in [6.07, 6.45) is 0. The molecule has 0 fully saturated rings. The molecule has 0 aliphatic heterocycles. The van der Waals surface area contributed by atoms with Crippen molar-refractivity contribution in [3.8, 4) is 16.9 Å². The quantitative estimate of drug-likeness (QED) is 0.433. The normalized spacial score (nSPS) is 11.8. The van der Waals surface area contributed by atoms with Gasteiger partial charge in [-0.3, -0.25) is 0 Å². The topological polar surface area (TPSA) is 43.4 Å². The summed E-state index contributed by atoms with van der Waals surface area (Å²) in [5.41, 5.74) is 1.29. The summed E-state index contributed by atoms with van der Waals surface area (Å²) in [4.78, 5) is 0.0764. The van der Waals surface area contributed by atoms with Gasteiger partial charge in [0.15, 0.2) is 0 Å². The lowest BCUT2D eigenvalue weighted by Gasteiger charge is -2.17. The summed E-state index contributed by atoms with van der Waals surface area (Å²) >= 11 is 0. The zero-order valence-corrected chi connectivity index (χ0v) is 15.5. The molecule has 0 amide bonds. The fraction of sp³-hybridized carbons (Fsp3) is 0.0476. The maximum absolute atomic E-state index is 12.3. The minimum atomic E-state index is -3.95. The fourth-order valence-corrected chi connectivity index (χ4v) is 4.46. The van der Waals surface area contributed by atoms with Gasteiger partial charge in [0.05, 0.1) is 12.0 Å². The van der Waals surface area contributed by atoms with Gasteiger partial charge in [-0.05, 0) is 33.7 Å². The van der Waals surface area contributed by atoms with Gasteiger partial charge < -0.3 is 4.74 Å². The fourth-order valence-electron chi connectivity index (χ4n) is 3.39. The van der Waals surface area contributed by atoms with E-state index in [1.807, 2.05) is 60.7 Å². The molecule has 0 spiro atoms. The van der Waals surface area contributed by atoms with Crippen molar-refractivity contribution in [1.29, 1.82) is 0 Å². The highest BCUT2D eigenvalue weighted by atomic mass is 35.7. The van der Waals surface area contributed by atoms with Crippen LogP contribution in [0.5, 0.6) is 5.75 Å². The number of benzene rings is 4. The van der Waals surface area contributed by atoms with Crippen LogP contribution >= 0.6 is 10.7 Å². The Morgan fingerprint density at radius 1 is 0.731 bits per heavy atom. The van der Waals surface area contributed by atoms with Crippen LogP contribution in [0.1, 0.15) is 0 Å². The lowest BCUT2D eigenvalue weighted by molar-refractivity contribution is 0.417. The number of ether oxygens (including phenoxy) is 1. The number of methoxy groups -OCH3 is 1. The summed E-state index contributed by atoms with van der Waals surface area (Å²) in [6.45, 7) is 0. The first kappa shape index (κ1) is 16.9. The molecular formula is C21H15ClO3S. The smallest absolute Gasteiger partial charge is 0.261 e. The summed E-state index contributed by atoms with van der Waals surface area (Å²) in [5, 5.41) is 3.64. The largest absolute Gasteiger partial charge is 0.496 e. The molecule has 0 aliphatic carbocycles. The molecular weight excluding hydrogens is 368 g/mol. The maximum Gasteiger partial charge on any atom is 0.261 e. The molecule has 0 radical (unpaired) electrons. The van der Waals surface area contributed by atoms with Gasteiger partial charge in [0.1, 0.15) is 5.75 Å². The number of hydrogen-bond donors (Lipinski definition) is 0. The van der Waals surface area contributed by atoms with Gasteiger partial charge in [0.2, 0.25) is 0 Å². The lowest BCUT2D eigenvalue weighted by atomic mass is 9.93. The molecule has 4 aromatic carbocycles. The highest BCUT2D eigenvalue weighted by Gasteiger charge is 2.23. The molecule has 5 heteroatoms. The summed E-state index contributed by atoms with van der Waals surface area (Å²) < 4.78 is 30.2. The van der Waals surface area contributed by atoms with E-state index >= 15 is 0 Å². The highest BCUT2D eigenvalue weighted by molar-refractivity contribution is 8.13. The number of rotatable bonds is 3. The standard InChI is InChI=1S/C21H15ClO3S/c1-25-18-12-10-14-6-2-4-8-16(14)20(18)21-17-9-5-3-7-15(17)11-13-19(21)26(22,23)24/h2-13H,1H3. The van der Waals surface area contributed by atoms with Crippen molar-refractivity contribution >= 4 is 41.3 Å². The molecule has 0 heterocycles. The van der Waals surface area contributed by atoms with E-state index in [-0.39, 0.29) is 4.90 Å². The molecule has 0 unspecified atom stereocenters. The lowest BCUT2D eigenvalue weighted by Crippen LogP contribution is -1.98. The van der Waals surface area contributed by atoms with Gasteiger partial charge in [0, 0.05) is 21.8 Å². The van der Waals surface area contributed by atoms with E-state index in [1.165, 1.54) is 0 Å². The Bertz CT molecular complexity index is 1250. The van der Waals surface area contributed by atoms with Crippen molar-refractivity contribution in [2.75, 3.05) is 7.11 Å². The van der Waals surface area contributed by atoms with Gasteiger partial charge in [-0.15, -0.1) is 0 Å². The molecule has 26 heavy (non-hydrogen) atoms. The van der Waals surface area contributed by atoms with Crippen LogP contribution in [0.25, 0.3) is 32.7 Å². The molecule has 0 saturated carbocycles. The van der Waals surface area contributed by atoms with E-state index in [0.29, 0.717) is 11.3 Å². The Morgan fingerprint density at radius 3 is 1.85 bits per heavy atom. The van der Waals surface area contributed by atoms with E-state index in [0.717, 1.165) is 27.1 Å². The summed E-state index contributed by atoms with van der Waals surface area (Å²) in [6, 6.07) is 22.6. The van der Waals surface area contributed by atoms with Gasteiger partial charge in [-0.2, -0.15) is 0 Å². The molecule has 0 saturated heterocycles. The molecule has 4 aromatic rings. The molecule has 0 aromatic heterocycles. The van der Waals surface area contributed by atoms with Crippen LogP contribution in [0.2, 0.25) is 0 Å².